The number of nitriles is 1. The van der Waals surface area contributed by atoms with Gasteiger partial charge >= 0.3 is 0 Å². The molecule has 1 aromatic rings. The van der Waals surface area contributed by atoms with Crippen molar-refractivity contribution in [3.8, 4) is 6.07 Å². The molecule has 0 saturated carbocycles. The highest BCUT2D eigenvalue weighted by molar-refractivity contribution is 6.41. The summed E-state index contributed by atoms with van der Waals surface area (Å²) in [7, 11) is 5.40. The van der Waals surface area contributed by atoms with Crippen molar-refractivity contribution in [2.75, 3.05) is 0 Å². The Balaban J connectivity index is 3.40. The first-order valence-corrected chi connectivity index (χ1v) is 3.55. The molecule has 2 radical (unpaired) electrons. The van der Waals surface area contributed by atoms with Crippen molar-refractivity contribution in [1.29, 1.82) is 5.26 Å². The molecule has 11 heavy (non-hydrogen) atoms. The third-order valence-electron chi connectivity index (χ3n) is 1.18. The van der Waals surface area contributed by atoms with Crippen LogP contribution in [0.3, 0.4) is 0 Å². The fraction of sp³-hybridized carbons (Fsp3) is 0. The lowest BCUT2D eigenvalue weighted by Gasteiger charge is -1.99. The molecule has 1 rings (SSSR count). The monoisotopic (exact) mass is 181 g/mol. The van der Waals surface area contributed by atoms with E-state index in [0.29, 0.717) is 5.46 Å². The summed E-state index contributed by atoms with van der Waals surface area (Å²) in [5, 5.41) is 9.11. The highest BCUT2D eigenvalue weighted by Gasteiger charge is 2.04. The van der Waals surface area contributed by atoms with Crippen LogP contribution in [0.5, 0.6) is 0 Å². The average molecular weight is 182 g/mol. The fourth-order valence-electron chi connectivity index (χ4n) is 0.700. The van der Waals surface area contributed by atoms with Gasteiger partial charge in [-0.05, 0) is 12.1 Å². The van der Waals surface area contributed by atoms with E-state index < -0.39 is 0 Å². The van der Waals surface area contributed by atoms with Crippen molar-refractivity contribution in [2.45, 2.75) is 0 Å². The second-order valence-corrected chi connectivity index (χ2v) is 2.79. The highest BCUT2D eigenvalue weighted by Crippen LogP contribution is 2.21. The van der Waals surface area contributed by atoms with Gasteiger partial charge < -0.3 is 0 Å². The van der Waals surface area contributed by atoms with Crippen LogP contribution in [-0.4, -0.2) is 7.85 Å². The third-order valence-corrected chi connectivity index (χ3v) is 1.77. The summed E-state index contributed by atoms with van der Waals surface area (Å²) in [5.41, 5.74) is 0.724. The largest absolute Gasteiger partial charge is 0.192 e. The molecule has 0 saturated heterocycles. The summed E-state index contributed by atoms with van der Waals surface area (Å²) >= 11 is 11.3. The molecule has 1 nitrogen and oxygen atoms in total. The van der Waals surface area contributed by atoms with E-state index in [1.54, 1.807) is 0 Å². The molecule has 0 heterocycles. The topological polar surface area (TPSA) is 23.8 Å². The van der Waals surface area contributed by atoms with Crippen LogP contribution in [0.15, 0.2) is 12.1 Å². The van der Waals surface area contributed by atoms with Gasteiger partial charge in [-0.1, -0.05) is 28.7 Å². The predicted octanol–water partition coefficient (Wildman–Crippen LogP) is 1.66. The smallest absolute Gasteiger partial charge is 0.113 e. The molecule has 0 amide bonds. The Morgan fingerprint density at radius 3 is 2.09 bits per heavy atom. The Morgan fingerprint density at radius 1 is 1.27 bits per heavy atom. The van der Waals surface area contributed by atoms with Crippen molar-refractivity contribution >= 4 is 36.5 Å². The van der Waals surface area contributed by atoms with Crippen LogP contribution in [0.2, 0.25) is 10.0 Å². The van der Waals surface area contributed by atoms with E-state index in [0.717, 1.165) is 0 Å². The van der Waals surface area contributed by atoms with E-state index in [-0.39, 0.29) is 15.6 Å². The van der Waals surface area contributed by atoms with Crippen molar-refractivity contribution < 1.29 is 0 Å². The zero-order chi connectivity index (χ0) is 8.43. The quantitative estimate of drug-likeness (QED) is 0.559. The first-order chi connectivity index (χ1) is 5.15. The number of halogens is 2. The van der Waals surface area contributed by atoms with Crippen molar-refractivity contribution in [1.82, 2.24) is 0 Å². The first-order valence-electron chi connectivity index (χ1n) is 2.79. The molecule has 52 valence electrons. The molecule has 0 aliphatic rings. The summed E-state index contributed by atoms with van der Waals surface area (Å²) in [6.45, 7) is 0. The van der Waals surface area contributed by atoms with Crippen LogP contribution in [0.25, 0.3) is 0 Å². The van der Waals surface area contributed by atoms with E-state index in [4.69, 9.17) is 36.3 Å². The average Bonchev–Trinajstić information content (AvgIpc) is 1.85. The third kappa shape index (κ3) is 1.68. The Hall–Kier alpha value is -0.645. The van der Waals surface area contributed by atoms with Gasteiger partial charge in [0.15, 0.2) is 0 Å². The summed E-state index contributed by atoms with van der Waals surface area (Å²) in [6.07, 6.45) is 0. The van der Waals surface area contributed by atoms with Gasteiger partial charge in [0.05, 0.1) is 15.6 Å². The second-order valence-electron chi connectivity index (χ2n) is 1.97. The number of benzene rings is 1. The maximum Gasteiger partial charge on any atom is 0.113 e. The molecule has 0 bridgehead atoms. The lowest BCUT2D eigenvalue weighted by molar-refractivity contribution is 1.49. The zero-order valence-corrected chi connectivity index (χ0v) is 6.95. The summed E-state index contributed by atoms with van der Waals surface area (Å²) in [5.74, 6) is 0. The van der Waals surface area contributed by atoms with E-state index in [9.17, 15) is 0 Å². The first kappa shape index (κ1) is 8.45. The molecule has 0 N–H and O–H groups in total. The Bertz CT molecular complexity index is 307. The molecule has 4 heteroatoms. The van der Waals surface area contributed by atoms with Crippen LogP contribution in [0, 0.1) is 11.3 Å². The lowest BCUT2D eigenvalue weighted by atomic mass is 9.95. The van der Waals surface area contributed by atoms with Gasteiger partial charge in [-0.25, -0.2) is 0 Å². The number of hydrogen-bond acceptors (Lipinski definition) is 1. The van der Waals surface area contributed by atoms with Crippen molar-refractivity contribution in [2.24, 2.45) is 0 Å². The van der Waals surface area contributed by atoms with Gasteiger partial charge in [0.2, 0.25) is 0 Å². The molecule has 0 atom stereocenters. The molecule has 0 aliphatic heterocycles. The summed E-state index contributed by atoms with van der Waals surface area (Å²) in [6, 6.07) is 4.86. The fourth-order valence-corrected chi connectivity index (χ4v) is 1.29. The Morgan fingerprint density at radius 2 is 1.73 bits per heavy atom. The summed E-state index contributed by atoms with van der Waals surface area (Å²) < 4.78 is 0. The molecule has 0 fully saturated rings. The zero-order valence-electron chi connectivity index (χ0n) is 5.44. The molecule has 0 spiro atoms. The minimum Gasteiger partial charge on any atom is -0.192 e. The number of nitrogens with zero attached hydrogens (tertiary/aromatic N) is 1. The van der Waals surface area contributed by atoms with Crippen LogP contribution in [0.1, 0.15) is 5.56 Å². The normalized spacial score (nSPS) is 9.18. The lowest BCUT2D eigenvalue weighted by Crippen LogP contribution is -2.02. The Labute approximate surface area is 75.9 Å². The number of rotatable bonds is 0. The van der Waals surface area contributed by atoms with Gasteiger partial charge in [0, 0.05) is 0 Å². The maximum atomic E-state index is 8.53. The van der Waals surface area contributed by atoms with Gasteiger partial charge in [-0.15, -0.1) is 0 Å². The maximum absolute atomic E-state index is 8.53. The van der Waals surface area contributed by atoms with Crippen LogP contribution < -0.4 is 5.46 Å². The molecular formula is C7H2BCl2N. The highest BCUT2D eigenvalue weighted by atomic mass is 35.5. The van der Waals surface area contributed by atoms with Crippen molar-refractivity contribution in [3.05, 3.63) is 27.7 Å². The minimum absolute atomic E-state index is 0.266. The van der Waals surface area contributed by atoms with Gasteiger partial charge in [0.1, 0.15) is 13.9 Å². The standard InChI is InChI=1S/C7H2BCl2N/c8-4-1-6(9)5(3-11)7(10)2-4/h1-2H. The van der Waals surface area contributed by atoms with Crippen LogP contribution in [0.4, 0.5) is 0 Å². The molecule has 0 aliphatic carbocycles. The number of hydrogen-bond donors (Lipinski definition) is 0. The van der Waals surface area contributed by atoms with Crippen LogP contribution in [-0.2, 0) is 0 Å². The molecule has 0 unspecified atom stereocenters. The van der Waals surface area contributed by atoms with E-state index in [1.165, 1.54) is 12.1 Å². The predicted molar refractivity (Wildman–Crippen MR) is 46.6 cm³/mol. The molecule has 1 aromatic carbocycles. The van der Waals surface area contributed by atoms with Gasteiger partial charge in [0.25, 0.3) is 0 Å². The van der Waals surface area contributed by atoms with Crippen molar-refractivity contribution in [3.63, 3.8) is 0 Å². The summed E-state index contributed by atoms with van der Waals surface area (Å²) in [4.78, 5) is 0. The van der Waals surface area contributed by atoms with E-state index in [2.05, 4.69) is 0 Å². The Kier molecular flexibility index (Phi) is 2.43. The SMILES string of the molecule is [B]c1cc(Cl)c(C#N)c(Cl)c1. The van der Waals surface area contributed by atoms with E-state index >= 15 is 0 Å². The second kappa shape index (κ2) is 3.17. The van der Waals surface area contributed by atoms with Crippen LogP contribution >= 0.6 is 23.2 Å². The van der Waals surface area contributed by atoms with E-state index in [1.807, 2.05) is 6.07 Å². The van der Waals surface area contributed by atoms with Gasteiger partial charge in [-0.2, -0.15) is 5.26 Å². The van der Waals surface area contributed by atoms with Gasteiger partial charge in [-0.3, -0.25) is 0 Å². The minimum atomic E-state index is 0.266. The molecular weight excluding hydrogens is 180 g/mol. The molecule has 0 aromatic heterocycles.